The van der Waals surface area contributed by atoms with Crippen molar-refractivity contribution in [1.82, 2.24) is 10.2 Å². The van der Waals surface area contributed by atoms with Crippen LogP contribution in [0.3, 0.4) is 0 Å². The molecular formula is C8H6ClIN2O2S. The molecule has 1 aromatic heterocycles. The maximum Gasteiger partial charge on any atom is 0.263 e. The number of nitrogens with zero attached hydrogens (tertiary/aromatic N) is 1. The van der Waals surface area contributed by atoms with Gasteiger partial charge >= 0.3 is 0 Å². The van der Waals surface area contributed by atoms with Crippen molar-refractivity contribution in [3.05, 3.63) is 21.4 Å². The second kappa shape index (κ2) is 3.60. The van der Waals surface area contributed by atoms with E-state index in [2.05, 4.69) is 32.8 Å². The van der Waals surface area contributed by atoms with E-state index in [1.165, 1.54) is 6.07 Å². The summed E-state index contributed by atoms with van der Waals surface area (Å²) in [5.41, 5.74) is 1.22. The molecule has 0 saturated carbocycles. The summed E-state index contributed by atoms with van der Waals surface area (Å²) >= 11 is 2.06. The molecule has 80 valence electrons. The number of nitrogens with one attached hydrogen (secondary N) is 1. The second-order valence-electron chi connectivity index (χ2n) is 3.13. The first-order valence-electron chi connectivity index (χ1n) is 3.98. The molecule has 0 saturated heterocycles. The van der Waals surface area contributed by atoms with E-state index < -0.39 is 9.05 Å². The number of H-pyrrole nitrogens is 1. The monoisotopic (exact) mass is 356 g/mol. The maximum atomic E-state index is 11.3. The van der Waals surface area contributed by atoms with E-state index in [0.29, 0.717) is 5.52 Å². The highest BCUT2D eigenvalue weighted by molar-refractivity contribution is 14.1. The van der Waals surface area contributed by atoms with E-state index in [4.69, 9.17) is 10.7 Å². The molecule has 4 nitrogen and oxygen atoms in total. The molecule has 0 spiro atoms. The predicted octanol–water partition coefficient (Wildman–Crippen LogP) is 2.40. The van der Waals surface area contributed by atoms with Gasteiger partial charge in [-0.15, -0.1) is 0 Å². The zero-order valence-electron chi connectivity index (χ0n) is 7.58. The Morgan fingerprint density at radius 3 is 2.73 bits per heavy atom. The summed E-state index contributed by atoms with van der Waals surface area (Å²) in [7, 11) is 1.58. The van der Waals surface area contributed by atoms with Crippen LogP contribution in [0.1, 0.15) is 5.56 Å². The van der Waals surface area contributed by atoms with Gasteiger partial charge < -0.3 is 0 Å². The normalized spacial score (nSPS) is 12.2. The minimum atomic E-state index is -3.75. The van der Waals surface area contributed by atoms with Crippen molar-refractivity contribution in [2.75, 3.05) is 0 Å². The summed E-state index contributed by atoms with van der Waals surface area (Å²) in [6.07, 6.45) is 0. The number of aromatic amines is 1. The van der Waals surface area contributed by atoms with Gasteiger partial charge in [0.1, 0.15) is 14.1 Å². The van der Waals surface area contributed by atoms with Gasteiger partial charge in [0.2, 0.25) is 0 Å². The Morgan fingerprint density at radius 2 is 2.13 bits per heavy atom. The quantitative estimate of drug-likeness (QED) is 0.630. The average molecular weight is 357 g/mol. The van der Waals surface area contributed by atoms with Crippen LogP contribution in [0, 0.1) is 10.6 Å². The van der Waals surface area contributed by atoms with E-state index in [-0.39, 0.29) is 4.90 Å². The Labute approximate surface area is 105 Å². The number of aryl methyl sites for hydroxylation is 1. The van der Waals surface area contributed by atoms with Gasteiger partial charge in [0.15, 0.2) is 0 Å². The largest absolute Gasteiger partial charge is 0.271 e. The maximum absolute atomic E-state index is 11.3. The van der Waals surface area contributed by atoms with Crippen LogP contribution in [-0.2, 0) is 9.05 Å². The number of rotatable bonds is 1. The molecule has 0 amide bonds. The number of hydrogen-bond donors (Lipinski definition) is 1. The lowest BCUT2D eigenvalue weighted by molar-refractivity contribution is 0.610. The number of benzene rings is 1. The highest BCUT2D eigenvalue weighted by Gasteiger charge is 2.18. The summed E-state index contributed by atoms with van der Waals surface area (Å²) in [6, 6.07) is 3.38. The molecule has 1 heterocycles. The number of hydrogen-bond acceptors (Lipinski definition) is 3. The summed E-state index contributed by atoms with van der Waals surface area (Å²) in [4.78, 5) is 0.0540. The van der Waals surface area contributed by atoms with Crippen LogP contribution in [0.5, 0.6) is 0 Å². The van der Waals surface area contributed by atoms with Crippen molar-refractivity contribution in [2.24, 2.45) is 0 Å². The van der Waals surface area contributed by atoms with Gasteiger partial charge in [-0.05, 0) is 47.2 Å². The zero-order valence-corrected chi connectivity index (χ0v) is 11.3. The number of halogens is 2. The van der Waals surface area contributed by atoms with Crippen molar-refractivity contribution < 1.29 is 8.42 Å². The molecule has 7 heteroatoms. The molecule has 0 atom stereocenters. The SMILES string of the molecule is Cc1cc(S(=O)(=O)Cl)c2n[nH]c(I)c2c1. The summed E-state index contributed by atoms with van der Waals surface area (Å²) < 4.78 is 23.4. The van der Waals surface area contributed by atoms with E-state index >= 15 is 0 Å². The van der Waals surface area contributed by atoms with Crippen molar-refractivity contribution in [3.63, 3.8) is 0 Å². The summed E-state index contributed by atoms with van der Waals surface area (Å²) in [5.74, 6) is 0. The molecule has 0 fully saturated rings. The first-order valence-corrected chi connectivity index (χ1v) is 7.37. The summed E-state index contributed by atoms with van der Waals surface area (Å²) in [5, 5.41) is 7.43. The van der Waals surface area contributed by atoms with Crippen LogP contribution in [-0.4, -0.2) is 18.6 Å². The lowest BCUT2D eigenvalue weighted by Crippen LogP contribution is -1.93. The molecule has 1 aromatic carbocycles. The lowest BCUT2D eigenvalue weighted by Gasteiger charge is -1.99. The molecule has 0 bridgehead atoms. The fraction of sp³-hybridized carbons (Fsp3) is 0.125. The first-order chi connectivity index (χ1) is 6.89. The van der Waals surface area contributed by atoms with Gasteiger partial charge in [-0.1, -0.05) is 0 Å². The molecule has 1 N–H and O–H groups in total. The molecule has 0 radical (unpaired) electrons. The van der Waals surface area contributed by atoms with Crippen LogP contribution < -0.4 is 0 Å². The van der Waals surface area contributed by atoms with Crippen LogP contribution in [0.25, 0.3) is 10.9 Å². The van der Waals surface area contributed by atoms with Crippen LogP contribution in [0.2, 0.25) is 0 Å². The molecule has 2 rings (SSSR count). The Kier molecular flexibility index (Phi) is 2.68. The fourth-order valence-corrected chi connectivity index (χ4v) is 2.98. The second-order valence-corrected chi connectivity index (χ2v) is 6.75. The van der Waals surface area contributed by atoms with Crippen LogP contribution in [0.15, 0.2) is 17.0 Å². The van der Waals surface area contributed by atoms with E-state index in [1.54, 1.807) is 0 Å². The lowest BCUT2D eigenvalue weighted by atomic mass is 10.2. The Balaban J connectivity index is 2.97. The molecule has 15 heavy (non-hydrogen) atoms. The standard InChI is InChI=1S/C8H6ClIN2O2S/c1-4-2-5-7(11-12-8(5)10)6(3-4)15(9,13)14/h2-3H,1H3,(H,11,12). The fourth-order valence-electron chi connectivity index (χ4n) is 1.38. The highest BCUT2D eigenvalue weighted by Crippen LogP contribution is 2.28. The third-order valence-corrected chi connectivity index (χ3v) is 4.14. The van der Waals surface area contributed by atoms with Gasteiger partial charge in [0.25, 0.3) is 9.05 Å². The topological polar surface area (TPSA) is 62.8 Å². The molecule has 0 aliphatic heterocycles. The van der Waals surface area contributed by atoms with Gasteiger partial charge in [-0.25, -0.2) is 8.42 Å². The minimum Gasteiger partial charge on any atom is -0.271 e. The third-order valence-electron chi connectivity index (χ3n) is 1.98. The molecule has 0 aliphatic carbocycles. The summed E-state index contributed by atoms with van der Waals surface area (Å²) in [6.45, 7) is 1.81. The van der Waals surface area contributed by atoms with Crippen molar-refractivity contribution in [1.29, 1.82) is 0 Å². The number of fused-ring (bicyclic) bond motifs is 1. The van der Waals surface area contributed by atoms with Crippen molar-refractivity contribution in [2.45, 2.75) is 11.8 Å². The zero-order chi connectivity index (χ0) is 11.2. The Hall–Kier alpha value is -0.340. The van der Waals surface area contributed by atoms with Crippen LogP contribution >= 0.6 is 33.3 Å². The van der Waals surface area contributed by atoms with E-state index in [1.807, 2.05) is 13.0 Å². The third kappa shape index (κ3) is 1.98. The highest BCUT2D eigenvalue weighted by atomic mass is 127. The molecule has 0 aliphatic rings. The number of aromatic nitrogens is 2. The Bertz CT molecular complexity index is 635. The van der Waals surface area contributed by atoms with E-state index in [0.717, 1.165) is 14.7 Å². The van der Waals surface area contributed by atoms with Gasteiger partial charge in [0, 0.05) is 16.1 Å². The van der Waals surface area contributed by atoms with Crippen molar-refractivity contribution in [3.8, 4) is 0 Å². The minimum absolute atomic E-state index is 0.0540. The average Bonchev–Trinajstić information content (AvgIpc) is 2.45. The van der Waals surface area contributed by atoms with Crippen molar-refractivity contribution >= 4 is 53.2 Å². The van der Waals surface area contributed by atoms with Gasteiger partial charge in [0.05, 0.1) is 0 Å². The van der Waals surface area contributed by atoms with Gasteiger partial charge in [-0.2, -0.15) is 5.10 Å². The molecule has 2 aromatic rings. The van der Waals surface area contributed by atoms with Crippen LogP contribution in [0.4, 0.5) is 0 Å². The Morgan fingerprint density at radius 1 is 1.47 bits per heavy atom. The smallest absolute Gasteiger partial charge is 0.263 e. The molecular weight excluding hydrogens is 351 g/mol. The van der Waals surface area contributed by atoms with Gasteiger partial charge in [-0.3, -0.25) is 5.10 Å². The predicted molar refractivity (Wildman–Crippen MR) is 66.6 cm³/mol. The first kappa shape index (κ1) is 11.2. The molecule has 0 unspecified atom stereocenters. The van der Waals surface area contributed by atoms with E-state index in [9.17, 15) is 8.42 Å².